The molecule has 1 aliphatic heterocycles. The maximum atomic E-state index is 11.7. The van der Waals surface area contributed by atoms with E-state index in [1.165, 1.54) is 12.5 Å². The van der Waals surface area contributed by atoms with E-state index in [2.05, 4.69) is 71.0 Å². The molecule has 0 amide bonds. The summed E-state index contributed by atoms with van der Waals surface area (Å²) in [5.41, 5.74) is 1.29. The number of hydrogen-bond acceptors (Lipinski definition) is 5. The summed E-state index contributed by atoms with van der Waals surface area (Å²) in [7, 11) is -1.93. The second-order valence-electron chi connectivity index (χ2n) is 8.57. The number of carbonyl (C=O) groups excluding carboxylic acids is 1. The average Bonchev–Trinajstić information content (AvgIpc) is 3.60. The zero-order valence-corrected chi connectivity index (χ0v) is 22.8. The lowest BCUT2D eigenvalue weighted by Crippen LogP contribution is -2.42. The van der Waals surface area contributed by atoms with E-state index in [9.17, 15) is 4.79 Å². The molecule has 0 aromatic heterocycles. The van der Waals surface area contributed by atoms with Crippen molar-refractivity contribution >= 4 is 14.3 Å². The number of hydrogen-bond donors (Lipinski definition) is 0. The number of carbonyl (C=O) groups is 1. The normalized spacial score (nSPS) is 18.6. The van der Waals surface area contributed by atoms with Crippen LogP contribution in [0.3, 0.4) is 0 Å². The van der Waals surface area contributed by atoms with Crippen molar-refractivity contribution in [1.82, 2.24) is 0 Å². The van der Waals surface area contributed by atoms with Gasteiger partial charge in [-0.15, -0.1) is 6.58 Å². The van der Waals surface area contributed by atoms with Crippen LogP contribution < -0.4 is 0 Å². The Bertz CT molecular complexity index is 807. The average molecular weight is 487 g/mol. The van der Waals surface area contributed by atoms with Crippen LogP contribution in [0.25, 0.3) is 0 Å². The first kappa shape index (κ1) is 29.9. The highest BCUT2D eigenvalue weighted by Gasteiger charge is 2.52. The SMILES string of the molecule is C=CCOC/C=C\[C@@H](OC(C)=O)[C@@H]1O[C@@H]1C(C#CC#CCCC=C(C)C)O[Si](CC)(CC)CC. The van der Waals surface area contributed by atoms with Gasteiger partial charge in [0.25, 0.3) is 0 Å². The largest absolute Gasteiger partial charge is 0.455 e. The van der Waals surface area contributed by atoms with Crippen LogP contribution in [0.1, 0.15) is 54.4 Å². The van der Waals surface area contributed by atoms with Crippen LogP contribution in [0, 0.1) is 23.7 Å². The molecule has 1 rings (SSSR count). The van der Waals surface area contributed by atoms with E-state index in [4.69, 9.17) is 18.6 Å². The summed E-state index contributed by atoms with van der Waals surface area (Å²) in [5, 5.41) is 0. The minimum Gasteiger partial charge on any atom is -0.455 e. The number of allylic oxidation sites excluding steroid dienone is 2. The fraction of sp³-hybridized carbons (Fsp3) is 0.607. The fourth-order valence-corrected chi connectivity index (χ4v) is 6.29. The van der Waals surface area contributed by atoms with Crippen molar-refractivity contribution in [1.29, 1.82) is 0 Å². The summed E-state index contributed by atoms with van der Waals surface area (Å²) >= 11 is 0. The molecule has 4 atom stereocenters. The second-order valence-corrected chi connectivity index (χ2v) is 13.3. The van der Waals surface area contributed by atoms with Crippen LogP contribution in [-0.4, -0.2) is 51.9 Å². The van der Waals surface area contributed by atoms with E-state index in [-0.39, 0.29) is 18.2 Å². The maximum Gasteiger partial charge on any atom is 0.303 e. The van der Waals surface area contributed by atoms with E-state index < -0.39 is 20.5 Å². The van der Waals surface area contributed by atoms with Crippen molar-refractivity contribution in [3.8, 4) is 23.7 Å². The van der Waals surface area contributed by atoms with Crippen LogP contribution in [-0.2, 0) is 23.4 Å². The lowest BCUT2D eigenvalue weighted by atomic mass is 10.1. The molecule has 0 aromatic carbocycles. The third-order valence-corrected chi connectivity index (χ3v) is 10.4. The quantitative estimate of drug-likeness (QED) is 0.0754. The van der Waals surface area contributed by atoms with Crippen LogP contribution >= 0.6 is 0 Å². The van der Waals surface area contributed by atoms with Gasteiger partial charge in [-0.3, -0.25) is 4.79 Å². The zero-order chi connectivity index (χ0) is 25.4. The molecule has 188 valence electrons. The molecule has 0 spiro atoms. The predicted octanol–water partition coefficient (Wildman–Crippen LogP) is 5.59. The monoisotopic (exact) mass is 486 g/mol. The van der Waals surface area contributed by atoms with Gasteiger partial charge in [0.15, 0.2) is 8.32 Å². The Labute approximate surface area is 208 Å². The summed E-state index contributed by atoms with van der Waals surface area (Å²) in [6.07, 6.45) is 7.73. The van der Waals surface area contributed by atoms with Gasteiger partial charge in [-0.05, 0) is 56.3 Å². The number of ether oxygens (including phenoxy) is 3. The van der Waals surface area contributed by atoms with Crippen LogP contribution in [0.2, 0.25) is 18.1 Å². The van der Waals surface area contributed by atoms with Gasteiger partial charge in [-0.25, -0.2) is 0 Å². The van der Waals surface area contributed by atoms with Crippen LogP contribution in [0.5, 0.6) is 0 Å². The van der Waals surface area contributed by atoms with Gasteiger partial charge in [-0.1, -0.05) is 56.4 Å². The summed E-state index contributed by atoms with van der Waals surface area (Å²) in [6.45, 7) is 16.6. The molecule has 0 aliphatic carbocycles. The molecule has 0 N–H and O–H groups in total. The van der Waals surface area contributed by atoms with Gasteiger partial charge in [0.1, 0.15) is 24.4 Å². The molecular weight excluding hydrogens is 444 g/mol. The third-order valence-electron chi connectivity index (χ3n) is 5.76. The summed E-state index contributed by atoms with van der Waals surface area (Å²) in [5.74, 6) is 11.9. The van der Waals surface area contributed by atoms with E-state index in [1.807, 2.05) is 12.2 Å². The lowest BCUT2D eigenvalue weighted by molar-refractivity contribution is -0.144. The van der Waals surface area contributed by atoms with Gasteiger partial charge in [-0.2, -0.15) is 0 Å². The third kappa shape index (κ3) is 11.4. The Morgan fingerprint density at radius 3 is 2.38 bits per heavy atom. The smallest absolute Gasteiger partial charge is 0.303 e. The first-order chi connectivity index (χ1) is 16.3. The van der Waals surface area contributed by atoms with Gasteiger partial charge >= 0.3 is 5.97 Å². The molecule has 1 aliphatic rings. The van der Waals surface area contributed by atoms with Gasteiger partial charge in [0.2, 0.25) is 0 Å². The maximum absolute atomic E-state index is 11.7. The summed E-state index contributed by atoms with van der Waals surface area (Å²) in [4.78, 5) is 11.7. The molecule has 34 heavy (non-hydrogen) atoms. The molecular formula is C28H42O5Si. The highest BCUT2D eigenvalue weighted by molar-refractivity contribution is 6.73. The minimum absolute atomic E-state index is 0.264. The van der Waals surface area contributed by atoms with E-state index in [0.717, 1.165) is 31.0 Å². The second kappa shape index (κ2) is 16.5. The number of epoxide rings is 1. The zero-order valence-electron chi connectivity index (χ0n) is 21.8. The Kier molecular flexibility index (Phi) is 14.5. The number of rotatable bonds is 15. The Morgan fingerprint density at radius 1 is 1.09 bits per heavy atom. The van der Waals surface area contributed by atoms with E-state index in [0.29, 0.717) is 13.2 Å². The molecule has 0 saturated carbocycles. The van der Waals surface area contributed by atoms with Crippen molar-refractivity contribution in [2.45, 2.75) is 96.9 Å². The first-order valence-electron chi connectivity index (χ1n) is 12.3. The molecule has 1 unspecified atom stereocenters. The Morgan fingerprint density at radius 2 is 1.79 bits per heavy atom. The highest BCUT2D eigenvalue weighted by atomic mass is 28.4. The minimum atomic E-state index is -1.93. The molecule has 1 heterocycles. The topological polar surface area (TPSA) is 57.3 Å². The summed E-state index contributed by atoms with van der Waals surface area (Å²) in [6, 6.07) is 3.04. The van der Waals surface area contributed by atoms with Gasteiger partial charge in [0, 0.05) is 13.3 Å². The molecule has 0 bridgehead atoms. The number of unbranched alkanes of at least 4 members (excludes halogenated alkanes) is 1. The van der Waals surface area contributed by atoms with Crippen molar-refractivity contribution in [3.05, 3.63) is 36.5 Å². The molecule has 1 fully saturated rings. The lowest BCUT2D eigenvalue weighted by Gasteiger charge is -2.30. The summed E-state index contributed by atoms with van der Waals surface area (Å²) < 4.78 is 23.5. The Hall–Kier alpha value is -2.09. The van der Waals surface area contributed by atoms with Crippen LogP contribution in [0.4, 0.5) is 0 Å². The Balaban J connectivity index is 2.98. The van der Waals surface area contributed by atoms with Gasteiger partial charge in [0.05, 0.1) is 13.2 Å². The van der Waals surface area contributed by atoms with E-state index in [1.54, 1.807) is 6.08 Å². The van der Waals surface area contributed by atoms with Crippen molar-refractivity contribution in [2.24, 2.45) is 0 Å². The van der Waals surface area contributed by atoms with E-state index >= 15 is 0 Å². The highest BCUT2D eigenvalue weighted by Crippen LogP contribution is 2.35. The van der Waals surface area contributed by atoms with Crippen LogP contribution in [0.15, 0.2) is 36.5 Å². The predicted molar refractivity (Wildman–Crippen MR) is 141 cm³/mol. The molecule has 0 radical (unpaired) electrons. The molecule has 6 heteroatoms. The van der Waals surface area contributed by atoms with Crippen molar-refractivity contribution in [2.75, 3.05) is 13.2 Å². The fourth-order valence-electron chi connectivity index (χ4n) is 3.56. The van der Waals surface area contributed by atoms with Crippen molar-refractivity contribution in [3.63, 3.8) is 0 Å². The van der Waals surface area contributed by atoms with Gasteiger partial charge < -0.3 is 18.6 Å². The molecule has 5 nitrogen and oxygen atoms in total. The molecule has 0 aromatic rings. The standard InChI is InChI=1S/C28H42O5Si/c1-8-21-30-22-17-20-25(31-24(7)29)27-28(32-27)26(33-34(9-2,10-3)11-4)19-16-14-12-13-15-18-23(5)6/h8,17-18,20,25-28H,1,9-11,13,15,21-22H2,2-7H3/b20-17-/t25-,26?,27+,28-/m1/s1. The molecule has 1 saturated heterocycles. The number of esters is 1. The van der Waals surface area contributed by atoms with Crippen molar-refractivity contribution < 1.29 is 23.4 Å². The first-order valence-corrected chi connectivity index (χ1v) is 14.8.